The summed E-state index contributed by atoms with van der Waals surface area (Å²) in [4.78, 5) is 0. The lowest BCUT2D eigenvalue weighted by Gasteiger charge is -2.08. The van der Waals surface area contributed by atoms with Crippen molar-refractivity contribution in [3.8, 4) is 0 Å². The first kappa shape index (κ1) is 12.4. The first-order valence-electron chi connectivity index (χ1n) is 5.77. The van der Waals surface area contributed by atoms with E-state index in [0.29, 0.717) is 4.47 Å². The molecule has 1 fully saturated rings. The minimum atomic E-state index is -0.176. The minimum Gasteiger partial charge on any atom is -0.206 e. The van der Waals surface area contributed by atoms with Crippen LogP contribution in [0.5, 0.6) is 0 Å². The molecule has 2 rings (SSSR count). The first-order chi connectivity index (χ1) is 7.75. The molecule has 0 radical (unpaired) electrons. The van der Waals surface area contributed by atoms with Crippen LogP contribution in [0, 0.1) is 11.7 Å². The summed E-state index contributed by atoms with van der Waals surface area (Å²) < 4.78 is 13.6. The van der Waals surface area contributed by atoms with Crippen molar-refractivity contribution in [2.24, 2.45) is 5.92 Å². The summed E-state index contributed by atoms with van der Waals surface area (Å²) in [5.41, 5.74) is 1.20. The summed E-state index contributed by atoms with van der Waals surface area (Å²) in [5.74, 6) is 3.00. The molecule has 0 saturated heterocycles. The van der Waals surface area contributed by atoms with Crippen LogP contribution < -0.4 is 0 Å². The van der Waals surface area contributed by atoms with Crippen LogP contribution >= 0.6 is 27.7 Å². The summed E-state index contributed by atoms with van der Waals surface area (Å²) in [6.45, 7) is 0. The fourth-order valence-electron chi connectivity index (χ4n) is 2.15. The molecule has 0 amide bonds. The zero-order chi connectivity index (χ0) is 11.4. The van der Waals surface area contributed by atoms with Crippen molar-refractivity contribution in [3.63, 3.8) is 0 Å². The van der Waals surface area contributed by atoms with Gasteiger partial charge in [-0.1, -0.05) is 18.9 Å². The van der Waals surface area contributed by atoms with Crippen molar-refractivity contribution >= 4 is 27.7 Å². The lowest BCUT2D eigenvalue weighted by molar-refractivity contribution is 0.620. The van der Waals surface area contributed by atoms with Gasteiger partial charge in [0.15, 0.2) is 0 Å². The molecule has 1 aromatic rings. The molecular formula is C13H16BrFS. The molecule has 1 saturated carbocycles. The summed E-state index contributed by atoms with van der Waals surface area (Å²) in [5, 5.41) is 0. The summed E-state index contributed by atoms with van der Waals surface area (Å²) in [6, 6.07) is 5.30. The quantitative estimate of drug-likeness (QED) is 0.753. The Hall–Kier alpha value is -0.0200. The molecule has 1 aliphatic rings. The van der Waals surface area contributed by atoms with E-state index in [4.69, 9.17) is 0 Å². The predicted octanol–water partition coefficient (Wildman–Crippen LogP) is 5.01. The molecule has 0 heterocycles. The lowest BCUT2D eigenvalue weighted by Crippen LogP contribution is -1.97. The number of halogens is 2. The normalized spacial score (nSPS) is 16.9. The maximum Gasteiger partial charge on any atom is 0.137 e. The first-order valence-corrected chi connectivity index (χ1v) is 7.72. The van der Waals surface area contributed by atoms with Crippen LogP contribution in [0.25, 0.3) is 0 Å². The molecule has 0 aliphatic heterocycles. The zero-order valence-corrected chi connectivity index (χ0v) is 11.6. The molecule has 0 unspecified atom stereocenters. The third-order valence-corrected chi connectivity index (χ3v) is 4.93. The van der Waals surface area contributed by atoms with E-state index in [1.807, 2.05) is 23.9 Å². The number of hydrogen-bond donors (Lipinski definition) is 0. The largest absolute Gasteiger partial charge is 0.206 e. The predicted molar refractivity (Wildman–Crippen MR) is 72.2 cm³/mol. The Morgan fingerprint density at radius 1 is 1.31 bits per heavy atom. The topological polar surface area (TPSA) is 0 Å². The zero-order valence-electron chi connectivity index (χ0n) is 9.22. The van der Waals surface area contributed by atoms with Gasteiger partial charge in [-0.3, -0.25) is 0 Å². The van der Waals surface area contributed by atoms with Crippen LogP contribution in [0.1, 0.15) is 31.2 Å². The molecule has 1 aliphatic carbocycles. The fourth-order valence-corrected chi connectivity index (χ4v) is 3.78. The molecule has 1 aromatic carbocycles. The molecule has 0 aromatic heterocycles. The third-order valence-electron chi connectivity index (χ3n) is 3.08. The van der Waals surface area contributed by atoms with E-state index < -0.39 is 0 Å². The lowest BCUT2D eigenvalue weighted by atomic mass is 10.1. The van der Waals surface area contributed by atoms with Crippen molar-refractivity contribution < 1.29 is 4.39 Å². The third kappa shape index (κ3) is 3.49. The van der Waals surface area contributed by atoms with Crippen LogP contribution in [0.4, 0.5) is 4.39 Å². The van der Waals surface area contributed by atoms with Gasteiger partial charge in [-0.05, 0) is 58.1 Å². The van der Waals surface area contributed by atoms with E-state index in [-0.39, 0.29) is 5.82 Å². The number of hydrogen-bond acceptors (Lipinski definition) is 1. The molecular weight excluding hydrogens is 287 g/mol. The molecule has 0 nitrogen and oxygen atoms in total. The second-order valence-electron chi connectivity index (χ2n) is 4.41. The maximum absolute atomic E-state index is 13.0. The highest BCUT2D eigenvalue weighted by atomic mass is 79.9. The molecule has 0 spiro atoms. The Labute approximate surface area is 109 Å². The molecule has 0 N–H and O–H groups in total. The van der Waals surface area contributed by atoms with Gasteiger partial charge >= 0.3 is 0 Å². The molecule has 3 heteroatoms. The smallest absolute Gasteiger partial charge is 0.137 e. The van der Waals surface area contributed by atoms with Crippen LogP contribution in [0.15, 0.2) is 22.7 Å². The highest BCUT2D eigenvalue weighted by molar-refractivity contribution is 9.10. The highest BCUT2D eigenvalue weighted by Gasteiger charge is 2.14. The van der Waals surface area contributed by atoms with Gasteiger partial charge in [-0.25, -0.2) is 4.39 Å². The van der Waals surface area contributed by atoms with E-state index in [1.165, 1.54) is 43.1 Å². The van der Waals surface area contributed by atoms with Crippen molar-refractivity contribution in [2.45, 2.75) is 31.4 Å². The molecule has 0 atom stereocenters. The Balaban J connectivity index is 1.78. The highest BCUT2D eigenvalue weighted by Crippen LogP contribution is 2.29. The van der Waals surface area contributed by atoms with E-state index in [9.17, 15) is 4.39 Å². The summed E-state index contributed by atoms with van der Waals surface area (Å²) >= 11 is 5.19. The van der Waals surface area contributed by atoms with Crippen molar-refractivity contribution in [2.75, 3.05) is 5.75 Å². The average Bonchev–Trinajstić information content (AvgIpc) is 2.76. The second kappa shape index (κ2) is 6.06. The molecule has 88 valence electrons. The van der Waals surface area contributed by atoms with E-state index >= 15 is 0 Å². The van der Waals surface area contributed by atoms with Crippen LogP contribution in [-0.4, -0.2) is 5.75 Å². The van der Waals surface area contributed by atoms with Crippen molar-refractivity contribution in [1.82, 2.24) is 0 Å². The summed E-state index contributed by atoms with van der Waals surface area (Å²) in [6.07, 6.45) is 5.63. The van der Waals surface area contributed by atoms with Gasteiger partial charge in [0, 0.05) is 5.75 Å². The monoisotopic (exact) mass is 302 g/mol. The van der Waals surface area contributed by atoms with Crippen LogP contribution in [0.2, 0.25) is 0 Å². The Bertz CT molecular complexity index is 348. The summed E-state index contributed by atoms with van der Waals surface area (Å²) in [7, 11) is 0. The minimum absolute atomic E-state index is 0.176. The van der Waals surface area contributed by atoms with Gasteiger partial charge in [-0.2, -0.15) is 11.8 Å². The van der Waals surface area contributed by atoms with Crippen LogP contribution in [-0.2, 0) is 5.75 Å². The standard InChI is InChI=1S/C13H16BrFS/c14-12-7-11(5-6-13(12)15)9-16-8-10-3-1-2-4-10/h5-7,10H,1-4,8-9H2. The number of benzene rings is 1. The maximum atomic E-state index is 13.0. The molecule has 16 heavy (non-hydrogen) atoms. The number of thioether (sulfide) groups is 1. The van der Waals surface area contributed by atoms with Crippen molar-refractivity contribution in [1.29, 1.82) is 0 Å². The van der Waals surface area contributed by atoms with Gasteiger partial charge in [0.05, 0.1) is 4.47 Å². The molecule has 0 bridgehead atoms. The Morgan fingerprint density at radius 3 is 2.75 bits per heavy atom. The Morgan fingerprint density at radius 2 is 2.06 bits per heavy atom. The van der Waals surface area contributed by atoms with E-state index in [1.54, 1.807) is 0 Å². The average molecular weight is 303 g/mol. The van der Waals surface area contributed by atoms with Gasteiger partial charge < -0.3 is 0 Å². The second-order valence-corrected chi connectivity index (χ2v) is 6.30. The SMILES string of the molecule is Fc1ccc(CSCC2CCCC2)cc1Br. The van der Waals surface area contributed by atoms with Gasteiger partial charge in [0.25, 0.3) is 0 Å². The van der Waals surface area contributed by atoms with Crippen molar-refractivity contribution in [3.05, 3.63) is 34.1 Å². The van der Waals surface area contributed by atoms with Gasteiger partial charge in [-0.15, -0.1) is 0 Å². The number of rotatable bonds is 4. The van der Waals surface area contributed by atoms with Crippen LogP contribution in [0.3, 0.4) is 0 Å². The van der Waals surface area contributed by atoms with E-state index in [2.05, 4.69) is 15.9 Å². The van der Waals surface area contributed by atoms with E-state index in [0.717, 1.165) is 11.7 Å². The van der Waals surface area contributed by atoms with Gasteiger partial charge in [0.1, 0.15) is 5.82 Å². The Kier molecular flexibility index (Phi) is 4.71. The fraction of sp³-hybridized carbons (Fsp3) is 0.538. The van der Waals surface area contributed by atoms with Gasteiger partial charge in [0.2, 0.25) is 0 Å².